The molecular weight excluding hydrogens is 370 g/mol. The molecule has 2 unspecified atom stereocenters. The Morgan fingerprint density at radius 2 is 1.63 bits per heavy atom. The molecular formula is C20H18F6O. The van der Waals surface area contributed by atoms with Crippen molar-refractivity contribution in [1.29, 1.82) is 0 Å². The summed E-state index contributed by atoms with van der Waals surface area (Å²) in [4.78, 5) is 0. The highest BCUT2D eigenvalue weighted by Crippen LogP contribution is 2.38. The Bertz CT molecular complexity index is 807. The predicted octanol–water partition coefficient (Wildman–Crippen LogP) is 6.81. The first-order chi connectivity index (χ1) is 12.7. The molecule has 0 aliphatic carbocycles. The zero-order chi connectivity index (χ0) is 19.8. The van der Waals surface area contributed by atoms with Crippen molar-refractivity contribution < 1.29 is 31.1 Å². The third-order valence-electron chi connectivity index (χ3n) is 4.72. The molecule has 146 valence electrons. The standard InChI is InChI=1S/C20H18F6O/c1-2-3-13-5-7-18(27-13)11-4-6-14(15(21)8-11)12-9-16(22)19(17(23)10-12)20(24,25)26/h4,6,8-10,13,18H,2-3,5,7H2,1H3. The lowest BCUT2D eigenvalue weighted by atomic mass is 9.98. The number of rotatable bonds is 4. The highest BCUT2D eigenvalue weighted by molar-refractivity contribution is 5.65. The van der Waals surface area contributed by atoms with E-state index in [-0.39, 0.29) is 23.3 Å². The number of ether oxygens (including phenoxy) is 1. The number of halogens is 6. The maximum absolute atomic E-state index is 14.5. The molecule has 0 N–H and O–H groups in total. The molecule has 0 spiro atoms. The molecule has 1 saturated heterocycles. The lowest BCUT2D eigenvalue weighted by molar-refractivity contribution is -0.142. The van der Waals surface area contributed by atoms with Gasteiger partial charge in [0.25, 0.3) is 0 Å². The lowest BCUT2D eigenvalue weighted by Gasteiger charge is -2.15. The molecule has 0 aromatic heterocycles. The Hall–Kier alpha value is -2.02. The van der Waals surface area contributed by atoms with E-state index >= 15 is 0 Å². The summed E-state index contributed by atoms with van der Waals surface area (Å²) in [5.74, 6) is -4.32. The van der Waals surface area contributed by atoms with Crippen molar-refractivity contribution in [3.8, 4) is 11.1 Å². The Labute approximate surface area is 153 Å². The van der Waals surface area contributed by atoms with Crippen molar-refractivity contribution in [2.45, 2.75) is 51.0 Å². The van der Waals surface area contributed by atoms with Gasteiger partial charge < -0.3 is 4.74 Å². The summed E-state index contributed by atoms with van der Waals surface area (Å²) in [5, 5.41) is 0. The van der Waals surface area contributed by atoms with Crippen LogP contribution in [0.5, 0.6) is 0 Å². The highest BCUT2D eigenvalue weighted by Gasteiger charge is 2.38. The molecule has 1 aliphatic rings. The fourth-order valence-corrected chi connectivity index (χ4v) is 3.45. The van der Waals surface area contributed by atoms with Crippen LogP contribution in [-0.2, 0) is 10.9 Å². The van der Waals surface area contributed by atoms with Gasteiger partial charge in [0, 0.05) is 5.56 Å². The molecule has 2 aromatic carbocycles. The van der Waals surface area contributed by atoms with Crippen LogP contribution in [0.3, 0.4) is 0 Å². The average molecular weight is 388 g/mol. The summed E-state index contributed by atoms with van der Waals surface area (Å²) in [7, 11) is 0. The van der Waals surface area contributed by atoms with Gasteiger partial charge in [-0.2, -0.15) is 13.2 Å². The first-order valence-electron chi connectivity index (χ1n) is 8.72. The van der Waals surface area contributed by atoms with Gasteiger partial charge in [0.2, 0.25) is 0 Å². The van der Waals surface area contributed by atoms with Crippen molar-refractivity contribution in [1.82, 2.24) is 0 Å². The van der Waals surface area contributed by atoms with E-state index in [0.717, 1.165) is 25.7 Å². The molecule has 7 heteroatoms. The van der Waals surface area contributed by atoms with Gasteiger partial charge in [-0.25, -0.2) is 13.2 Å². The molecule has 0 amide bonds. The fourth-order valence-electron chi connectivity index (χ4n) is 3.45. The molecule has 2 aromatic rings. The van der Waals surface area contributed by atoms with E-state index in [0.29, 0.717) is 17.7 Å². The second-order valence-electron chi connectivity index (χ2n) is 6.66. The van der Waals surface area contributed by atoms with Crippen LogP contribution in [0.2, 0.25) is 0 Å². The van der Waals surface area contributed by atoms with Gasteiger partial charge in [0.15, 0.2) is 0 Å². The van der Waals surface area contributed by atoms with E-state index in [9.17, 15) is 26.3 Å². The van der Waals surface area contributed by atoms with Crippen LogP contribution in [0.15, 0.2) is 30.3 Å². The van der Waals surface area contributed by atoms with Crippen molar-refractivity contribution in [2.75, 3.05) is 0 Å². The van der Waals surface area contributed by atoms with Gasteiger partial charge in [-0.1, -0.05) is 25.5 Å². The molecule has 1 fully saturated rings. The second kappa shape index (κ2) is 7.54. The average Bonchev–Trinajstić information content (AvgIpc) is 3.01. The van der Waals surface area contributed by atoms with Crippen molar-refractivity contribution in [2.24, 2.45) is 0 Å². The third kappa shape index (κ3) is 4.13. The van der Waals surface area contributed by atoms with Gasteiger partial charge in [0.05, 0.1) is 12.2 Å². The third-order valence-corrected chi connectivity index (χ3v) is 4.72. The summed E-state index contributed by atoms with van der Waals surface area (Å²) < 4.78 is 85.9. The van der Waals surface area contributed by atoms with Crippen LogP contribution in [0, 0.1) is 17.5 Å². The maximum atomic E-state index is 14.5. The number of benzene rings is 2. The van der Waals surface area contributed by atoms with Gasteiger partial charge >= 0.3 is 6.18 Å². The predicted molar refractivity (Wildman–Crippen MR) is 88.5 cm³/mol. The van der Waals surface area contributed by atoms with E-state index in [1.54, 1.807) is 6.07 Å². The van der Waals surface area contributed by atoms with Crippen LogP contribution >= 0.6 is 0 Å². The summed E-state index contributed by atoms with van der Waals surface area (Å²) in [6.45, 7) is 2.05. The summed E-state index contributed by atoms with van der Waals surface area (Å²) in [6, 6.07) is 5.08. The minimum atomic E-state index is -5.16. The van der Waals surface area contributed by atoms with Gasteiger partial charge in [-0.15, -0.1) is 0 Å². The molecule has 3 rings (SSSR count). The SMILES string of the molecule is CCCC1CCC(c2ccc(-c3cc(F)c(C(F)(F)F)c(F)c3)c(F)c2)O1. The van der Waals surface area contributed by atoms with Crippen LogP contribution in [0.4, 0.5) is 26.3 Å². The largest absolute Gasteiger partial charge is 0.422 e. The van der Waals surface area contributed by atoms with E-state index in [4.69, 9.17) is 4.74 Å². The second-order valence-corrected chi connectivity index (χ2v) is 6.66. The van der Waals surface area contributed by atoms with E-state index in [2.05, 4.69) is 0 Å². The molecule has 0 bridgehead atoms. The molecule has 0 saturated carbocycles. The smallest absolute Gasteiger partial charge is 0.370 e. The van der Waals surface area contributed by atoms with Gasteiger partial charge in [0.1, 0.15) is 23.0 Å². The molecule has 0 radical (unpaired) electrons. The van der Waals surface area contributed by atoms with Gasteiger partial charge in [-0.3, -0.25) is 0 Å². The topological polar surface area (TPSA) is 9.23 Å². The van der Waals surface area contributed by atoms with Crippen LogP contribution in [0.1, 0.15) is 49.8 Å². The Morgan fingerprint density at radius 3 is 2.19 bits per heavy atom. The van der Waals surface area contributed by atoms with Crippen molar-refractivity contribution >= 4 is 0 Å². The first kappa shape index (κ1) is 19.7. The molecule has 27 heavy (non-hydrogen) atoms. The number of hydrogen-bond acceptors (Lipinski definition) is 1. The van der Waals surface area contributed by atoms with Crippen LogP contribution in [0.25, 0.3) is 11.1 Å². The molecule has 1 nitrogen and oxygen atoms in total. The molecule has 1 heterocycles. The quantitative estimate of drug-likeness (QED) is 0.523. The highest BCUT2D eigenvalue weighted by atomic mass is 19.4. The summed E-state index contributed by atoms with van der Waals surface area (Å²) >= 11 is 0. The van der Waals surface area contributed by atoms with E-state index in [1.165, 1.54) is 12.1 Å². The molecule has 1 aliphatic heterocycles. The number of alkyl halides is 3. The lowest BCUT2D eigenvalue weighted by Crippen LogP contribution is -2.11. The van der Waals surface area contributed by atoms with E-state index < -0.39 is 29.2 Å². The minimum absolute atomic E-state index is 0.126. The van der Waals surface area contributed by atoms with Crippen LogP contribution in [-0.4, -0.2) is 6.10 Å². The van der Waals surface area contributed by atoms with Crippen LogP contribution < -0.4 is 0 Å². The maximum Gasteiger partial charge on any atom is 0.422 e. The summed E-state index contributed by atoms with van der Waals surface area (Å²) in [6.07, 6.45) is -1.78. The monoisotopic (exact) mass is 388 g/mol. The van der Waals surface area contributed by atoms with Crippen molar-refractivity contribution in [3.63, 3.8) is 0 Å². The molecule has 2 atom stereocenters. The normalized spacial score (nSPS) is 20.3. The zero-order valence-corrected chi connectivity index (χ0v) is 14.5. The number of hydrogen-bond donors (Lipinski definition) is 0. The Balaban J connectivity index is 1.89. The Kier molecular flexibility index (Phi) is 5.51. The van der Waals surface area contributed by atoms with Gasteiger partial charge in [-0.05, 0) is 48.6 Å². The minimum Gasteiger partial charge on any atom is -0.370 e. The zero-order valence-electron chi connectivity index (χ0n) is 14.5. The van der Waals surface area contributed by atoms with E-state index in [1.807, 2.05) is 6.92 Å². The Morgan fingerprint density at radius 1 is 0.963 bits per heavy atom. The first-order valence-corrected chi connectivity index (χ1v) is 8.72. The van der Waals surface area contributed by atoms with Crippen molar-refractivity contribution in [3.05, 3.63) is 58.9 Å². The summed E-state index contributed by atoms with van der Waals surface area (Å²) in [5.41, 5.74) is -1.85. The fraction of sp³-hybridized carbons (Fsp3) is 0.400.